The summed E-state index contributed by atoms with van der Waals surface area (Å²) in [5.74, 6) is -0.0595. The molecule has 0 radical (unpaired) electrons. The standard InChI is InChI=1S/C14H16BrN3O/c1-10-3-4-11(9-12(10)15)18-8-2-7-17-14(19)13(18)5-6-16/h3-4,9,13H,2,5,7-8H2,1H3,(H,17,19). The van der Waals surface area contributed by atoms with E-state index in [0.717, 1.165) is 28.7 Å². The molecule has 0 aliphatic carbocycles. The first-order valence-corrected chi connectivity index (χ1v) is 7.10. The van der Waals surface area contributed by atoms with E-state index in [1.54, 1.807) is 0 Å². The van der Waals surface area contributed by atoms with Gasteiger partial charge >= 0.3 is 0 Å². The molecule has 1 amide bonds. The number of benzene rings is 1. The van der Waals surface area contributed by atoms with E-state index < -0.39 is 6.04 Å². The molecule has 1 aromatic carbocycles. The predicted octanol–water partition coefficient (Wildman–Crippen LogP) is 2.37. The molecule has 5 heteroatoms. The van der Waals surface area contributed by atoms with Crippen LogP contribution in [-0.4, -0.2) is 25.0 Å². The summed E-state index contributed by atoms with van der Waals surface area (Å²) in [6.45, 7) is 3.47. The monoisotopic (exact) mass is 321 g/mol. The van der Waals surface area contributed by atoms with Gasteiger partial charge in [0.05, 0.1) is 12.5 Å². The van der Waals surface area contributed by atoms with Gasteiger partial charge in [0.25, 0.3) is 0 Å². The van der Waals surface area contributed by atoms with Crippen LogP contribution in [0.4, 0.5) is 5.69 Å². The van der Waals surface area contributed by atoms with Gasteiger partial charge < -0.3 is 10.2 Å². The number of hydrogen-bond donors (Lipinski definition) is 1. The van der Waals surface area contributed by atoms with Crippen LogP contribution >= 0.6 is 15.9 Å². The molecule has 1 aromatic rings. The highest BCUT2D eigenvalue weighted by atomic mass is 79.9. The minimum atomic E-state index is -0.401. The molecule has 0 aromatic heterocycles. The quantitative estimate of drug-likeness (QED) is 0.909. The van der Waals surface area contributed by atoms with E-state index in [-0.39, 0.29) is 12.3 Å². The molecular weight excluding hydrogens is 306 g/mol. The molecule has 0 saturated carbocycles. The van der Waals surface area contributed by atoms with Crippen LogP contribution in [-0.2, 0) is 4.79 Å². The third-order valence-electron chi connectivity index (χ3n) is 3.33. The van der Waals surface area contributed by atoms with E-state index >= 15 is 0 Å². The maximum Gasteiger partial charge on any atom is 0.243 e. The molecule has 1 aliphatic rings. The topological polar surface area (TPSA) is 56.1 Å². The van der Waals surface area contributed by atoms with E-state index in [2.05, 4.69) is 27.3 Å². The molecule has 1 unspecified atom stereocenters. The zero-order chi connectivity index (χ0) is 13.8. The Morgan fingerprint density at radius 2 is 2.37 bits per heavy atom. The Bertz CT molecular complexity index is 524. The first-order valence-electron chi connectivity index (χ1n) is 6.31. The molecule has 1 atom stereocenters. The molecule has 1 fully saturated rings. The first kappa shape index (κ1) is 13.9. The fourth-order valence-electron chi connectivity index (χ4n) is 2.24. The van der Waals surface area contributed by atoms with Crippen molar-refractivity contribution in [2.75, 3.05) is 18.0 Å². The molecular formula is C14H16BrN3O. The fraction of sp³-hybridized carbons (Fsp3) is 0.429. The normalized spacial score (nSPS) is 19.5. The van der Waals surface area contributed by atoms with Gasteiger partial charge in [0.2, 0.25) is 5.91 Å². The first-order chi connectivity index (χ1) is 9.13. The third kappa shape index (κ3) is 3.07. The highest BCUT2D eigenvalue weighted by molar-refractivity contribution is 9.10. The maximum absolute atomic E-state index is 12.0. The number of rotatable bonds is 2. The predicted molar refractivity (Wildman–Crippen MR) is 77.9 cm³/mol. The van der Waals surface area contributed by atoms with Crippen molar-refractivity contribution in [3.8, 4) is 6.07 Å². The minimum absolute atomic E-state index is 0.0595. The summed E-state index contributed by atoms with van der Waals surface area (Å²) in [5, 5.41) is 11.8. The molecule has 4 nitrogen and oxygen atoms in total. The SMILES string of the molecule is Cc1ccc(N2CCCNC(=O)C2CC#N)cc1Br. The Kier molecular flexibility index (Phi) is 4.43. The number of amides is 1. The van der Waals surface area contributed by atoms with Crippen molar-refractivity contribution in [2.45, 2.75) is 25.8 Å². The van der Waals surface area contributed by atoms with Gasteiger partial charge in [-0.3, -0.25) is 4.79 Å². The van der Waals surface area contributed by atoms with E-state index in [4.69, 9.17) is 5.26 Å². The summed E-state index contributed by atoms with van der Waals surface area (Å²) in [6.07, 6.45) is 1.09. The van der Waals surface area contributed by atoms with Gasteiger partial charge in [0, 0.05) is 23.2 Å². The second kappa shape index (κ2) is 6.07. The maximum atomic E-state index is 12.0. The third-order valence-corrected chi connectivity index (χ3v) is 4.18. The second-order valence-corrected chi connectivity index (χ2v) is 5.50. The number of hydrogen-bond acceptors (Lipinski definition) is 3. The van der Waals surface area contributed by atoms with Gasteiger partial charge in [0.15, 0.2) is 0 Å². The Morgan fingerprint density at radius 3 is 3.05 bits per heavy atom. The molecule has 1 N–H and O–H groups in total. The number of carbonyl (C=O) groups excluding carboxylic acids is 1. The average Bonchev–Trinajstić information content (AvgIpc) is 2.57. The second-order valence-electron chi connectivity index (χ2n) is 4.65. The van der Waals surface area contributed by atoms with Gasteiger partial charge in [-0.2, -0.15) is 5.26 Å². The van der Waals surface area contributed by atoms with Crippen LogP contribution in [0.3, 0.4) is 0 Å². The van der Waals surface area contributed by atoms with Crippen LogP contribution in [0.25, 0.3) is 0 Å². The van der Waals surface area contributed by atoms with Crippen molar-refractivity contribution >= 4 is 27.5 Å². The van der Waals surface area contributed by atoms with Crippen LogP contribution in [0, 0.1) is 18.3 Å². The number of carbonyl (C=O) groups is 1. The number of aryl methyl sites for hydroxylation is 1. The van der Waals surface area contributed by atoms with Crippen molar-refractivity contribution < 1.29 is 4.79 Å². The van der Waals surface area contributed by atoms with Crippen molar-refractivity contribution in [3.63, 3.8) is 0 Å². The largest absolute Gasteiger partial charge is 0.359 e. The van der Waals surface area contributed by atoms with Gasteiger partial charge in [-0.1, -0.05) is 22.0 Å². The fourth-order valence-corrected chi connectivity index (χ4v) is 2.60. The summed E-state index contributed by atoms with van der Waals surface area (Å²) in [4.78, 5) is 14.0. The zero-order valence-electron chi connectivity index (χ0n) is 10.8. The average molecular weight is 322 g/mol. The van der Waals surface area contributed by atoms with Crippen molar-refractivity contribution in [2.24, 2.45) is 0 Å². The molecule has 19 heavy (non-hydrogen) atoms. The molecule has 100 valence electrons. The number of halogens is 1. The van der Waals surface area contributed by atoms with E-state index in [1.807, 2.05) is 30.0 Å². The van der Waals surface area contributed by atoms with Crippen LogP contribution in [0.15, 0.2) is 22.7 Å². The van der Waals surface area contributed by atoms with Gasteiger partial charge in [0.1, 0.15) is 6.04 Å². The number of nitrogens with one attached hydrogen (secondary N) is 1. The summed E-state index contributed by atoms with van der Waals surface area (Å²) >= 11 is 3.51. The van der Waals surface area contributed by atoms with E-state index in [0.29, 0.717) is 6.54 Å². The summed E-state index contributed by atoms with van der Waals surface area (Å²) in [6, 6.07) is 7.74. The molecule has 0 spiro atoms. The molecule has 2 rings (SSSR count). The molecule has 1 saturated heterocycles. The number of nitriles is 1. The summed E-state index contributed by atoms with van der Waals surface area (Å²) < 4.78 is 1.02. The Balaban J connectivity index is 2.34. The van der Waals surface area contributed by atoms with Crippen molar-refractivity contribution in [3.05, 3.63) is 28.2 Å². The Labute approximate surface area is 121 Å². The lowest BCUT2D eigenvalue weighted by Crippen LogP contribution is -2.44. The van der Waals surface area contributed by atoms with Gasteiger partial charge in [-0.25, -0.2) is 0 Å². The molecule has 0 bridgehead atoms. The van der Waals surface area contributed by atoms with Crippen LogP contribution < -0.4 is 10.2 Å². The number of nitrogens with zero attached hydrogens (tertiary/aromatic N) is 2. The summed E-state index contributed by atoms with van der Waals surface area (Å²) in [5.41, 5.74) is 2.13. The summed E-state index contributed by atoms with van der Waals surface area (Å²) in [7, 11) is 0. The smallest absolute Gasteiger partial charge is 0.243 e. The lowest BCUT2D eigenvalue weighted by atomic mass is 10.1. The Morgan fingerprint density at radius 1 is 1.58 bits per heavy atom. The molecule has 1 heterocycles. The zero-order valence-corrected chi connectivity index (χ0v) is 12.4. The van der Waals surface area contributed by atoms with Gasteiger partial charge in [-0.15, -0.1) is 0 Å². The van der Waals surface area contributed by atoms with Crippen molar-refractivity contribution in [1.29, 1.82) is 5.26 Å². The van der Waals surface area contributed by atoms with E-state index in [9.17, 15) is 4.79 Å². The highest BCUT2D eigenvalue weighted by Gasteiger charge is 2.28. The minimum Gasteiger partial charge on any atom is -0.359 e. The van der Waals surface area contributed by atoms with Gasteiger partial charge in [-0.05, 0) is 31.0 Å². The highest BCUT2D eigenvalue weighted by Crippen LogP contribution is 2.26. The number of anilines is 1. The molecule has 1 aliphatic heterocycles. The lowest BCUT2D eigenvalue weighted by Gasteiger charge is -2.29. The van der Waals surface area contributed by atoms with Crippen LogP contribution in [0.2, 0.25) is 0 Å². The lowest BCUT2D eigenvalue weighted by molar-refractivity contribution is -0.121. The van der Waals surface area contributed by atoms with E-state index in [1.165, 1.54) is 0 Å². The van der Waals surface area contributed by atoms with Crippen LogP contribution in [0.5, 0.6) is 0 Å². The Hall–Kier alpha value is -1.54. The van der Waals surface area contributed by atoms with Crippen LogP contribution in [0.1, 0.15) is 18.4 Å². The van der Waals surface area contributed by atoms with Crippen molar-refractivity contribution in [1.82, 2.24) is 5.32 Å².